The zero-order valence-electron chi connectivity index (χ0n) is 22.7. The first-order valence-corrected chi connectivity index (χ1v) is 15.3. The molecule has 0 unspecified atom stereocenters. The van der Waals surface area contributed by atoms with Gasteiger partial charge in [0.1, 0.15) is 5.82 Å². The molecule has 8 nitrogen and oxygen atoms in total. The average molecular weight is 567 g/mol. The molecule has 10 heteroatoms. The third kappa shape index (κ3) is 6.33. The van der Waals surface area contributed by atoms with Crippen LogP contribution in [0, 0.1) is 24.6 Å². The van der Waals surface area contributed by atoms with E-state index in [-0.39, 0.29) is 16.4 Å². The average Bonchev–Trinajstić information content (AvgIpc) is 2.94. The van der Waals surface area contributed by atoms with Crippen molar-refractivity contribution >= 4 is 21.9 Å². The topological polar surface area (TPSA) is 104 Å². The summed E-state index contributed by atoms with van der Waals surface area (Å²) in [4.78, 5) is 23.3. The molecule has 5 rings (SSSR count). The second-order valence-electron chi connectivity index (χ2n) is 10.9. The summed E-state index contributed by atoms with van der Waals surface area (Å²) < 4.78 is 41.3. The zero-order valence-corrected chi connectivity index (χ0v) is 23.5. The van der Waals surface area contributed by atoms with Crippen molar-refractivity contribution in [2.24, 2.45) is 11.8 Å². The van der Waals surface area contributed by atoms with Crippen molar-refractivity contribution in [2.75, 3.05) is 31.1 Å². The number of rotatable bonds is 8. The van der Waals surface area contributed by atoms with Gasteiger partial charge in [0.2, 0.25) is 16.0 Å². The molecule has 2 fully saturated rings. The van der Waals surface area contributed by atoms with E-state index in [1.807, 2.05) is 6.07 Å². The molecule has 0 bridgehead atoms. The number of sulfonamides is 1. The van der Waals surface area contributed by atoms with Gasteiger partial charge in [-0.25, -0.2) is 27.6 Å². The second kappa shape index (κ2) is 12.0. The van der Waals surface area contributed by atoms with Crippen molar-refractivity contribution in [3.8, 4) is 0 Å². The third-order valence-corrected chi connectivity index (χ3v) is 10.2. The second-order valence-corrected chi connectivity index (χ2v) is 12.8. The fraction of sp³-hybridized carbons (Fsp3) is 0.433. The van der Waals surface area contributed by atoms with E-state index in [2.05, 4.69) is 34.1 Å². The highest BCUT2D eigenvalue weighted by atomic mass is 32.2. The Morgan fingerprint density at radius 3 is 2.27 bits per heavy atom. The Hall–Kier alpha value is -3.37. The van der Waals surface area contributed by atoms with Crippen LogP contribution >= 0.6 is 0 Å². The largest absolute Gasteiger partial charge is 0.478 e. The summed E-state index contributed by atoms with van der Waals surface area (Å²) in [6, 6.07) is 14.2. The van der Waals surface area contributed by atoms with E-state index < -0.39 is 21.8 Å². The first-order chi connectivity index (χ1) is 19.2. The number of benzene rings is 2. The lowest BCUT2D eigenvalue weighted by molar-refractivity contribution is 0.0694. The Morgan fingerprint density at radius 2 is 1.62 bits per heavy atom. The van der Waals surface area contributed by atoms with Crippen LogP contribution in [0.4, 0.5) is 10.3 Å². The van der Waals surface area contributed by atoms with E-state index >= 15 is 0 Å². The number of anilines is 1. The first kappa shape index (κ1) is 28.2. The molecule has 0 atom stereocenters. The standard InChI is InChI=1S/C30H35FN4O4S/c1-21-17-25(31)7-8-28(21)40(38,39)35-15-11-24(12-16-35)19-27-26(29(36)37)20-32-30(33-27)34-13-9-23(10-14-34)18-22-5-3-2-4-6-22/h2-8,17,20,23-24H,9-16,18-19H2,1H3,(H,36,37). The van der Waals surface area contributed by atoms with Gasteiger partial charge in [-0.1, -0.05) is 30.3 Å². The van der Waals surface area contributed by atoms with Crippen LogP contribution in [0.25, 0.3) is 0 Å². The summed E-state index contributed by atoms with van der Waals surface area (Å²) in [6.45, 7) is 3.87. The van der Waals surface area contributed by atoms with Gasteiger partial charge in [0.15, 0.2) is 0 Å². The number of carboxylic acid groups (broad SMARTS) is 1. The Kier molecular flexibility index (Phi) is 8.46. The van der Waals surface area contributed by atoms with Crippen LogP contribution in [-0.4, -0.2) is 59.9 Å². The van der Waals surface area contributed by atoms with Crippen LogP contribution in [0.15, 0.2) is 59.6 Å². The molecule has 0 saturated carbocycles. The molecular weight excluding hydrogens is 531 g/mol. The lowest BCUT2D eigenvalue weighted by Gasteiger charge is -2.33. The van der Waals surface area contributed by atoms with E-state index in [9.17, 15) is 22.7 Å². The van der Waals surface area contributed by atoms with Crippen LogP contribution in [0.1, 0.15) is 52.9 Å². The van der Waals surface area contributed by atoms with Crippen LogP contribution in [0.2, 0.25) is 0 Å². The number of nitrogens with zero attached hydrogens (tertiary/aromatic N) is 4. The van der Waals surface area contributed by atoms with Crippen molar-refractivity contribution in [3.63, 3.8) is 0 Å². The molecule has 3 aromatic rings. The molecule has 0 spiro atoms. The first-order valence-electron chi connectivity index (χ1n) is 13.8. The number of carboxylic acids is 1. The van der Waals surface area contributed by atoms with Crippen molar-refractivity contribution in [1.29, 1.82) is 0 Å². The van der Waals surface area contributed by atoms with Gasteiger partial charge in [0, 0.05) is 32.4 Å². The zero-order chi connectivity index (χ0) is 28.3. The number of hydrogen-bond donors (Lipinski definition) is 1. The third-order valence-electron chi connectivity index (χ3n) is 8.16. The van der Waals surface area contributed by atoms with Crippen LogP contribution in [0.3, 0.4) is 0 Å². The number of aromatic nitrogens is 2. The van der Waals surface area contributed by atoms with Gasteiger partial charge < -0.3 is 10.0 Å². The highest BCUT2D eigenvalue weighted by molar-refractivity contribution is 7.89. The van der Waals surface area contributed by atoms with Crippen LogP contribution in [-0.2, 0) is 22.9 Å². The maximum absolute atomic E-state index is 13.5. The molecule has 3 heterocycles. The predicted octanol–water partition coefficient (Wildman–Crippen LogP) is 4.72. The Labute approximate surface area is 234 Å². The quantitative estimate of drug-likeness (QED) is 0.421. The predicted molar refractivity (Wildman–Crippen MR) is 150 cm³/mol. The smallest absolute Gasteiger partial charge is 0.339 e. The number of halogens is 1. The van der Waals surface area contributed by atoms with Gasteiger partial charge in [-0.05, 0) is 86.6 Å². The fourth-order valence-electron chi connectivity index (χ4n) is 5.85. The summed E-state index contributed by atoms with van der Waals surface area (Å²) >= 11 is 0. The summed E-state index contributed by atoms with van der Waals surface area (Å²) in [6.07, 6.45) is 6.13. The molecule has 1 N–H and O–H groups in total. The maximum Gasteiger partial charge on any atom is 0.339 e. The molecule has 0 amide bonds. The Bertz CT molecular complexity index is 1450. The van der Waals surface area contributed by atoms with Crippen molar-refractivity contribution in [2.45, 2.75) is 50.3 Å². The molecule has 2 aliphatic heterocycles. The van der Waals surface area contributed by atoms with Crippen molar-refractivity contribution < 1.29 is 22.7 Å². The Morgan fingerprint density at radius 1 is 0.975 bits per heavy atom. The van der Waals surface area contributed by atoms with E-state index in [1.165, 1.54) is 34.3 Å². The van der Waals surface area contributed by atoms with Gasteiger partial charge in [-0.2, -0.15) is 4.31 Å². The maximum atomic E-state index is 13.5. The molecule has 0 radical (unpaired) electrons. The van der Waals surface area contributed by atoms with Crippen LogP contribution < -0.4 is 4.90 Å². The number of aryl methyl sites for hydroxylation is 1. The molecule has 2 aliphatic rings. The van der Waals surface area contributed by atoms with Crippen molar-refractivity contribution in [1.82, 2.24) is 14.3 Å². The number of hydrogen-bond acceptors (Lipinski definition) is 6. The monoisotopic (exact) mass is 566 g/mol. The summed E-state index contributed by atoms with van der Waals surface area (Å²) in [5, 5.41) is 9.78. The molecule has 40 heavy (non-hydrogen) atoms. The summed E-state index contributed by atoms with van der Waals surface area (Å²) in [5.74, 6) is -0.278. The SMILES string of the molecule is Cc1cc(F)ccc1S(=O)(=O)N1CCC(Cc2nc(N3CCC(Cc4ccccc4)CC3)ncc2C(=O)O)CC1. The van der Waals surface area contributed by atoms with E-state index in [0.29, 0.717) is 55.5 Å². The highest BCUT2D eigenvalue weighted by Gasteiger charge is 2.32. The summed E-state index contributed by atoms with van der Waals surface area (Å²) in [7, 11) is -3.73. The molecular formula is C30H35FN4O4S. The van der Waals surface area contributed by atoms with Gasteiger partial charge in [0.05, 0.1) is 16.2 Å². The number of aromatic carboxylic acids is 1. The fourth-order valence-corrected chi connectivity index (χ4v) is 7.52. The van der Waals surface area contributed by atoms with E-state index in [4.69, 9.17) is 4.98 Å². The molecule has 1 aromatic heterocycles. The molecule has 2 aromatic carbocycles. The lowest BCUT2D eigenvalue weighted by Crippen LogP contribution is -2.39. The molecule has 2 saturated heterocycles. The van der Waals surface area contributed by atoms with Gasteiger partial charge >= 0.3 is 5.97 Å². The van der Waals surface area contributed by atoms with Gasteiger partial charge in [-0.15, -0.1) is 0 Å². The number of carbonyl (C=O) groups is 1. The number of piperidine rings is 2. The van der Waals surface area contributed by atoms with Crippen molar-refractivity contribution in [3.05, 3.63) is 82.9 Å². The Balaban J connectivity index is 1.22. The lowest BCUT2D eigenvalue weighted by atomic mass is 9.90. The molecule has 0 aliphatic carbocycles. The van der Waals surface area contributed by atoms with Gasteiger partial charge in [-0.3, -0.25) is 0 Å². The summed E-state index contributed by atoms with van der Waals surface area (Å²) in [5.41, 5.74) is 2.32. The highest BCUT2D eigenvalue weighted by Crippen LogP contribution is 2.29. The van der Waals surface area contributed by atoms with E-state index in [0.717, 1.165) is 32.4 Å². The normalized spacial score (nSPS) is 17.7. The van der Waals surface area contributed by atoms with Gasteiger partial charge in [0.25, 0.3) is 0 Å². The minimum absolute atomic E-state index is 0.0956. The van der Waals surface area contributed by atoms with Crippen LogP contribution in [0.5, 0.6) is 0 Å². The minimum Gasteiger partial charge on any atom is -0.478 e. The minimum atomic E-state index is -3.73. The van der Waals surface area contributed by atoms with E-state index in [1.54, 1.807) is 6.92 Å². The molecule has 212 valence electrons.